The molecule has 4 aliphatic heterocycles. The Morgan fingerprint density at radius 2 is 0.724 bits per heavy atom. The van der Waals surface area contributed by atoms with Crippen molar-refractivity contribution in [3.63, 3.8) is 0 Å². The van der Waals surface area contributed by atoms with Crippen molar-refractivity contribution < 1.29 is 114 Å². The lowest BCUT2D eigenvalue weighted by molar-refractivity contribution is -0.372. The van der Waals surface area contributed by atoms with Gasteiger partial charge in [-0.3, -0.25) is 0 Å². The molecule has 0 aromatic rings. The average Bonchev–Trinajstić information content (AvgIpc) is 3.96. The molecule has 2 aliphatic carbocycles. The number of aliphatic hydroxyl groups excluding tert-OH is 13. The average molecular weight is 1100 g/mol. The van der Waals surface area contributed by atoms with E-state index in [0.717, 1.165) is 38.5 Å². The smallest absolute Gasteiger partial charge is 0.187 e. The van der Waals surface area contributed by atoms with Crippen molar-refractivity contribution in [2.24, 2.45) is 23.7 Å². The van der Waals surface area contributed by atoms with E-state index in [1.165, 1.54) is 64.2 Å². The quantitative estimate of drug-likeness (QED) is 0.0352. The van der Waals surface area contributed by atoms with E-state index in [0.29, 0.717) is 32.8 Å². The van der Waals surface area contributed by atoms with Gasteiger partial charge in [0.2, 0.25) is 0 Å². The SMILES string of the molecule is CCCCCCCCCCOCC1C2C[C@@H]([C@H]1COCCCCCCCCCC)[C@@H](O[C@@H]1OC(CO)[C@@H](O[C@H]3OC(CO)[C@@H](O)[C@H](O)C3O)[C@H](O)C1O)C2O[C@@H]1OC(CO)[C@@H](O[C@H]2OC(CO)[C@@H](O)[C@H](O)C2O)CC1O. The first-order valence-electron chi connectivity index (χ1n) is 28.7. The minimum Gasteiger partial charge on any atom is -0.394 e. The lowest BCUT2D eigenvalue weighted by Crippen LogP contribution is -2.65. The molecule has 0 aromatic carbocycles. The van der Waals surface area contributed by atoms with Crippen LogP contribution in [-0.4, -0.2) is 248 Å². The summed E-state index contributed by atoms with van der Waals surface area (Å²) in [6.45, 7) is 3.33. The second-order valence-electron chi connectivity index (χ2n) is 22.1. The predicted molar refractivity (Wildman–Crippen MR) is 267 cm³/mol. The molecule has 0 radical (unpaired) electrons. The Kier molecular flexibility index (Phi) is 27.6. The highest BCUT2D eigenvalue weighted by Crippen LogP contribution is 2.56. The fraction of sp³-hybridized carbons (Fsp3) is 1.00. The molecule has 4 heterocycles. The molecule has 6 fully saturated rings. The third kappa shape index (κ3) is 16.6. The molecule has 23 heteroatoms. The van der Waals surface area contributed by atoms with Gasteiger partial charge in [-0.15, -0.1) is 0 Å². The van der Waals surface area contributed by atoms with Crippen LogP contribution in [0, 0.1) is 23.7 Å². The molecule has 0 amide bonds. The van der Waals surface area contributed by atoms with Crippen LogP contribution in [0.1, 0.15) is 129 Å². The highest BCUT2D eigenvalue weighted by Gasteiger charge is 2.62. The fourth-order valence-electron chi connectivity index (χ4n) is 12.1. The second-order valence-corrected chi connectivity index (χ2v) is 22.1. The standard InChI is InChI=1S/C53H96O23/c1-3-5-7-9-11-13-15-17-19-67-27-31-29-21-30(32(31)28-68-20-18-16-14-12-10-8-6-4-2)48(75-53-46(66)43(63)49(38(26-57)73-53)76-52-45(65)42(62)40(60)37(25-56)72-52)47(29)74-50-33(58)22-34(35(23-54)70-50)69-51-44(64)41(61)39(59)36(24-55)71-51/h29-66H,3-28H2,1-2H3/t29?,30-,31?,32+,33?,34-,35?,36?,37?,38?,39+,40+,41-,42-,43+,44?,45?,46?,47?,48+,49+,50-,51-,52+,53-/m0/s1. The third-order valence-electron chi connectivity index (χ3n) is 16.7. The van der Waals surface area contributed by atoms with E-state index >= 15 is 0 Å². The molecule has 11 unspecified atom stereocenters. The number of rotatable bonds is 34. The number of hydrogen-bond acceptors (Lipinski definition) is 23. The summed E-state index contributed by atoms with van der Waals surface area (Å²) in [6, 6.07) is 0. The van der Waals surface area contributed by atoms with Gasteiger partial charge in [-0.1, -0.05) is 104 Å². The van der Waals surface area contributed by atoms with Crippen LogP contribution in [0.5, 0.6) is 0 Å². The maximum Gasteiger partial charge on any atom is 0.187 e. The van der Waals surface area contributed by atoms with Crippen LogP contribution in [0.25, 0.3) is 0 Å². The minimum atomic E-state index is -1.85. The van der Waals surface area contributed by atoms with Crippen molar-refractivity contribution in [2.45, 2.75) is 258 Å². The fourth-order valence-corrected chi connectivity index (χ4v) is 12.1. The van der Waals surface area contributed by atoms with Crippen molar-refractivity contribution in [1.82, 2.24) is 0 Å². The summed E-state index contributed by atoms with van der Waals surface area (Å²) in [6.07, 6.45) is -13.1. The van der Waals surface area contributed by atoms with E-state index in [1.807, 2.05) is 0 Å². The van der Waals surface area contributed by atoms with Crippen molar-refractivity contribution in [3.05, 3.63) is 0 Å². The topological polar surface area (TPSA) is 355 Å². The lowest BCUT2D eigenvalue weighted by atomic mass is 9.76. The second kappa shape index (κ2) is 32.6. The molecular weight excluding hydrogens is 1000 g/mol. The van der Waals surface area contributed by atoms with Crippen molar-refractivity contribution in [3.8, 4) is 0 Å². The van der Waals surface area contributed by atoms with Gasteiger partial charge in [0.1, 0.15) is 85.5 Å². The molecule has 25 atom stereocenters. The van der Waals surface area contributed by atoms with Gasteiger partial charge in [0.25, 0.3) is 0 Å². The monoisotopic (exact) mass is 1100 g/mol. The highest BCUT2D eigenvalue weighted by atomic mass is 16.8. The van der Waals surface area contributed by atoms with Crippen molar-refractivity contribution >= 4 is 0 Å². The summed E-state index contributed by atoms with van der Waals surface area (Å²) in [4.78, 5) is 0. The van der Waals surface area contributed by atoms with Gasteiger partial charge in [0.15, 0.2) is 25.2 Å². The molecule has 6 rings (SSSR count). The Labute approximate surface area is 447 Å². The van der Waals surface area contributed by atoms with Crippen molar-refractivity contribution in [1.29, 1.82) is 0 Å². The first kappa shape index (κ1) is 64.3. The Morgan fingerprint density at radius 3 is 1.17 bits per heavy atom. The van der Waals surface area contributed by atoms with E-state index in [9.17, 15) is 66.4 Å². The number of ether oxygens (including phenoxy) is 10. The van der Waals surface area contributed by atoms with Crippen LogP contribution in [-0.2, 0) is 47.4 Å². The van der Waals surface area contributed by atoms with Crippen LogP contribution in [0.15, 0.2) is 0 Å². The zero-order valence-electron chi connectivity index (χ0n) is 44.7. The molecule has 446 valence electrons. The van der Waals surface area contributed by atoms with Gasteiger partial charge in [-0.05, 0) is 42.9 Å². The molecule has 13 N–H and O–H groups in total. The molecule has 0 spiro atoms. The molecule has 2 saturated carbocycles. The van der Waals surface area contributed by atoms with Crippen LogP contribution in [0.3, 0.4) is 0 Å². The highest BCUT2D eigenvalue weighted by molar-refractivity contribution is 5.09. The summed E-state index contributed by atoms with van der Waals surface area (Å²) in [7, 11) is 0. The third-order valence-corrected chi connectivity index (χ3v) is 16.7. The van der Waals surface area contributed by atoms with Crippen molar-refractivity contribution in [2.75, 3.05) is 52.9 Å². The molecule has 4 saturated heterocycles. The van der Waals surface area contributed by atoms with E-state index in [-0.39, 0.29) is 30.1 Å². The van der Waals surface area contributed by atoms with E-state index in [2.05, 4.69) is 13.8 Å². The summed E-state index contributed by atoms with van der Waals surface area (Å²) in [5.74, 6) is -0.921. The molecule has 6 aliphatic rings. The lowest BCUT2D eigenvalue weighted by Gasteiger charge is -2.48. The number of hydrogen-bond donors (Lipinski definition) is 13. The Hall–Kier alpha value is -0.920. The first-order valence-corrected chi connectivity index (χ1v) is 28.7. The molecule has 2 bridgehead atoms. The van der Waals surface area contributed by atoms with Gasteiger partial charge >= 0.3 is 0 Å². The molecular formula is C53H96O23. The van der Waals surface area contributed by atoms with Gasteiger partial charge < -0.3 is 114 Å². The molecule has 76 heavy (non-hydrogen) atoms. The Bertz CT molecular complexity index is 1570. The largest absolute Gasteiger partial charge is 0.394 e. The zero-order chi connectivity index (χ0) is 54.9. The van der Waals surface area contributed by atoms with Gasteiger partial charge in [0, 0.05) is 19.6 Å². The maximum atomic E-state index is 11.7. The van der Waals surface area contributed by atoms with Crippen LogP contribution >= 0.6 is 0 Å². The predicted octanol–water partition coefficient (Wildman–Crippen LogP) is -0.769. The van der Waals surface area contributed by atoms with Crippen LogP contribution in [0.2, 0.25) is 0 Å². The normalized spacial score (nSPS) is 42.8. The van der Waals surface area contributed by atoms with E-state index in [1.54, 1.807) is 0 Å². The summed E-state index contributed by atoms with van der Waals surface area (Å²) >= 11 is 0. The van der Waals surface area contributed by atoms with Crippen LogP contribution < -0.4 is 0 Å². The Balaban J connectivity index is 1.20. The van der Waals surface area contributed by atoms with Gasteiger partial charge in [-0.25, -0.2) is 0 Å². The molecule has 23 nitrogen and oxygen atoms in total. The molecule has 0 aromatic heterocycles. The zero-order valence-corrected chi connectivity index (χ0v) is 44.7. The van der Waals surface area contributed by atoms with E-state index in [4.69, 9.17) is 47.4 Å². The number of unbranched alkanes of at least 4 members (excludes halogenated alkanes) is 14. The summed E-state index contributed by atoms with van der Waals surface area (Å²) in [5.41, 5.74) is 0. The van der Waals surface area contributed by atoms with Gasteiger partial charge in [-0.2, -0.15) is 0 Å². The number of fused-ring (bicyclic) bond motifs is 2. The van der Waals surface area contributed by atoms with Crippen LogP contribution in [0.4, 0.5) is 0 Å². The summed E-state index contributed by atoms with van der Waals surface area (Å²) in [5, 5.41) is 139. The van der Waals surface area contributed by atoms with Gasteiger partial charge in [0.05, 0.1) is 58.0 Å². The minimum absolute atomic E-state index is 0.136. The maximum absolute atomic E-state index is 11.7. The Morgan fingerprint density at radius 1 is 0.355 bits per heavy atom. The summed E-state index contributed by atoms with van der Waals surface area (Å²) < 4.78 is 61.5. The first-order chi connectivity index (χ1) is 36.7. The number of aliphatic hydroxyl groups is 13. The van der Waals surface area contributed by atoms with E-state index < -0.39 is 155 Å².